The van der Waals surface area contributed by atoms with E-state index >= 15 is 0 Å². The smallest absolute Gasteiger partial charge is 0.324 e. The molecule has 1 aromatic carbocycles. The number of hydrogen-bond donors (Lipinski definition) is 3. The summed E-state index contributed by atoms with van der Waals surface area (Å²) in [4.78, 5) is 24.9. The highest BCUT2D eigenvalue weighted by Crippen LogP contribution is 2.17. The first-order chi connectivity index (χ1) is 10.6. The van der Waals surface area contributed by atoms with Gasteiger partial charge in [0.15, 0.2) is 5.82 Å². The van der Waals surface area contributed by atoms with Crippen LogP contribution < -0.4 is 21.1 Å². The van der Waals surface area contributed by atoms with Crippen LogP contribution in [0.15, 0.2) is 41.2 Å². The number of aromatic nitrogens is 2. The lowest BCUT2D eigenvalue weighted by atomic mass is 10.2. The van der Waals surface area contributed by atoms with E-state index in [4.69, 9.17) is 0 Å². The number of nitrogens with one attached hydrogen (secondary N) is 3. The molecule has 0 aliphatic heterocycles. The number of rotatable bonds is 5. The summed E-state index contributed by atoms with van der Waals surface area (Å²) in [6.07, 6.45) is 0. The standard InChI is InChI=1S/C15H19N5O2/c1-3-20(4-2)12-7-5-11(6-8-12)16-15(22)17-13-9-10-14(21)19-18-13/h5-10H,3-4H2,1-2H3,(H,19,21)(H2,16,17,18,22). The summed E-state index contributed by atoms with van der Waals surface area (Å²) in [5, 5.41) is 11.2. The molecule has 1 heterocycles. The minimum atomic E-state index is -0.421. The Hall–Kier alpha value is -2.83. The maximum absolute atomic E-state index is 11.8. The molecule has 0 fully saturated rings. The van der Waals surface area contributed by atoms with Crippen LogP contribution in [0.1, 0.15) is 13.8 Å². The third-order valence-electron chi connectivity index (χ3n) is 3.17. The van der Waals surface area contributed by atoms with Crippen LogP contribution in [0.2, 0.25) is 0 Å². The normalized spacial score (nSPS) is 10.1. The molecule has 2 rings (SSSR count). The van der Waals surface area contributed by atoms with E-state index in [1.165, 1.54) is 12.1 Å². The molecule has 2 aromatic rings. The first-order valence-electron chi connectivity index (χ1n) is 7.11. The van der Waals surface area contributed by atoms with Crippen molar-refractivity contribution in [2.45, 2.75) is 13.8 Å². The van der Waals surface area contributed by atoms with Crippen LogP contribution in [0.3, 0.4) is 0 Å². The van der Waals surface area contributed by atoms with Crippen molar-refractivity contribution >= 4 is 23.2 Å². The number of benzene rings is 1. The summed E-state index contributed by atoms with van der Waals surface area (Å²) in [6.45, 7) is 6.06. The van der Waals surface area contributed by atoms with Gasteiger partial charge in [-0.3, -0.25) is 10.1 Å². The Morgan fingerprint density at radius 2 is 1.77 bits per heavy atom. The van der Waals surface area contributed by atoms with Crippen LogP contribution in [0, 0.1) is 0 Å². The van der Waals surface area contributed by atoms with Crippen molar-refractivity contribution < 1.29 is 4.79 Å². The van der Waals surface area contributed by atoms with Crippen LogP contribution in [0.5, 0.6) is 0 Å². The van der Waals surface area contributed by atoms with E-state index in [-0.39, 0.29) is 11.4 Å². The van der Waals surface area contributed by atoms with E-state index in [2.05, 4.69) is 39.6 Å². The number of anilines is 3. The maximum Gasteiger partial charge on any atom is 0.324 e. The molecule has 0 saturated carbocycles. The van der Waals surface area contributed by atoms with E-state index in [1.807, 2.05) is 24.3 Å². The number of urea groups is 1. The summed E-state index contributed by atoms with van der Waals surface area (Å²) in [5.41, 5.74) is 1.47. The molecule has 0 radical (unpaired) electrons. The molecule has 0 saturated heterocycles. The summed E-state index contributed by atoms with van der Waals surface area (Å²) in [5.74, 6) is 0.275. The highest BCUT2D eigenvalue weighted by atomic mass is 16.2. The van der Waals surface area contributed by atoms with Gasteiger partial charge >= 0.3 is 6.03 Å². The quantitative estimate of drug-likeness (QED) is 0.790. The summed E-state index contributed by atoms with van der Waals surface area (Å²) in [7, 11) is 0. The van der Waals surface area contributed by atoms with E-state index in [1.54, 1.807) is 0 Å². The highest BCUT2D eigenvalue weighted by molar-refractivity contribution is 5.99. The van der Waals surface area contributed by atoms with Crippen molar-refractivity contribution in [2.75, 3.05) is 28.6 Å². The van der Waals surface area contributed by atoms with Crippen LogP contribution in [-0.2, 0) is 0 Å². The second kappa shape index (κ2) is 7.26. The fourth-order valence-corrected chi connectivity index (χ4v) is 2.04. The Morgan fingerprint density at radius 1 is 1.09 bits per heavy atom. The van der Waals surface area contributed by atoms with Gasteiger partial charge in [-0.05, 0) is 44.2 Å². The molecule has 0 bridgehead atoms. The monoisotopic (exact) mass is 301 g/mol. The first-order valence-corrected chi connectivity index (χ1v) is 7.11. The predicted molar refractivity (Wildman–Crippen MR) is 87.5 cm³/mol. The molecule has 0 atom stereocenters. The van der Waals surface area contributed by atoms with Crippen molar-refractivity contribution in [1.82, 2.24) is 10.2 Å². The Balaban J connectivity index is 1.96. The summed E-state index contributed by atoms with van der Waals surface area (Å²) < 4.78 is 0. The first kappa shape index (κ1) is 15.6. The van der Waals surface area contributed by atoms with Crippen LogP contribution in [-0.4, -0.2) is 29.3 Å². The minimum absolute atomic E-state index is 0.275. The number of carbonyl (C=O) groups excluding carboxylic acids is 1. The minimum Gasteiger partial charge on any atom is -0.372 e. The molecule has 7 nitrogen and oxygen atoms in total. The van der Waals surface area contributed by atoms with Gasteiger partial charge in [0.25, 0.3) is 5.56 Å². The van der Waals surface area contributed by atoms with Crippen LogP contribution >= 0.6 is 0 Å². The molecule has 0 aliphatic carbocycles. The highest BCUT2D eigenvalue weighted by Gasteiger charge is 2.05. The maximum atomic E-state index is 11.8. The second-order valence-electron chi connectivity index (χ2n) is 4.60. The van der Waals surface area contributed by atoms with Crippen molar-refractivity contribution in [2.24, 2.45) is 0 Å². The molecule has 116 valence electrons. The molecule has 22 heavy (non-hydrogen) atoms. The fourth-order valence-electron chi connectivity index (χ4n) is 2.04. The van der Waals surface area contributed by atoms with Gasteiger partial charge in [-0.1, -0.05) is 0 Å². The lowest BCUT2D eigenvalue weighted by Gasteiger charge is -2.21. The van der Waals surface area contributed by atoms with Gasteiger partial charge in [0.05, 0.1) is 0 Å². The molecule has 0 unspecified atom stereocenters. The van der Waals surface area contributed by atoms with Crippen molar-refractivity contribution in [1.29, 1.82) is 0 Å². The Labute approximate surface area is 128 Å². The average Bonchev–Trinajstić information content (AvgIpc) is 2.52. The molecule has 0 spiro atoms. The Bertz CT molecular complexity index is 657. The number of H-pyrrole nitrogens is 1. The van der Waals surface area contributed by atoms with Gasteiger partial charge in [-0.15, -0.1) is 0 Å². The molecule has 3 N–H and O–H groups in total. The zero-order chi connectivity index (χ0) is 15.9. The number of amides is 2. The van der Waals surface area contributed by atoms with E-state index < -0.39 is 6.03 Å². The predicted octanol–water partition coefficient (Wildman–Crippen LogP) is 2.26. The third-order valence-corrected chi connectivity index (χ3v) is 3.17. The van der Waals surface area contributed by atoms with Crippen LogP contribution in [0.25, 0.3) is 0 Å². The Morgan fingerprint density at radius 3 is 2.32 bits per heavy atom. The van der Waals surface area contributed by atoms with Gasteiger partial charge in [0.2, 0.25) is 0 Å². The second-order valence-corrected chi connectivity index (χ2v) is 4.60. The van der Waals surface area contributed by atoms with Gasteiger partial charge < -0.3 is 10.2 Å². The van der Waals surface area contributed by atoms with Gasteiger partial charge in [0.1, 0.15) is 0 Å². The molecule has 1 aromatic heterocycles. The van der Waals surface area contributed by atoms with Crippen molar-refractivity contribution in [3.05, 3.63) is 46.8 Å². The number of carbonyl (C=O) groups is 1. The van der Waals surface area contributed by atoms with Crippen molar-refractivity contribution in [3.63, 3.8) is 0 Å². The molecular formula is C15H19N5O2. The number of aromatic amines is 1. The van der Waals surface area contributed by atoms with Crippen molar-refractivity contribution in [3.8, 4) is 0 Å². The van der Waals surface area contributed by atoms with E-state index in [9.17, 15) is 9.59 Å². The van der Waals surface area contributed by atoms with Gasteiger partial charge in [0, 0.05) is 30.5 Å². The fraction of sp³-hybridized carbons (Fsp3) is 0.267. The lowest BCUT2D eigenvalue weighted by molar-refractivity contribution is 0.262. The largest absolute Gasteiger partial charge is 0.372 e. The SMILES string of the molecule is CCN(CC)c1ccc(NC(=O)Nc2ccc(=O)[nH]n2)cc1. The summed E-state index contributed by atoms with van der Waals surface area (Å²) >= 11 is 0. The Kier molecular flexibility index (Phi) is 5.13. The van der Waals surface area contributed by atoms with E-state index in [0.29, 0.717) is 5.69 Å². The lowest BCUT2D eigenvalue weighted by Crippen LogP contribution is -2.22. The topological polar surface area (TPSA) is 90.1 Å². The molecule has 7 heteroatoms. The third kappa shape index (κ3) is 4.08. The molecular weight excluding hydrogens is 282 g/mol. The zero-order valence-corrected chi connectivity index (χ0v) is 12.6. The average molecular weight is 301 g/mol. The number of nitrogens with zero attached hydrogens (tertiary/aromatic N) is 2. The number of hydrogen-bond acceptors (Lipinski definition) is 4. The van der Waals surface area contributed by atoms with E-state index in [0.717, 1.165) is 18.8 Å². The molecule has 2 amide bonds. The summed E-state index contributed by atoms with van der Waals surface area (Å²) in [6, 6.07) is 9.90. The van der Waals surface area contributed by atoms with Gasteiger partial charge in [-0.2, -0.15) is 5.10 Å². The zero-order valence-electron chi connectivity index (χ0n) is 12.6. The van der Waals surface area contributed by atoms with Crippen LogP contribution in [0.4, 0.5) is 22.0 Å². The molecule has 0 aliphatic rings. The van der Waals surface area contributed by atoms with Gasteiger partial charge in [-0.25, -0.2) is 9.89 Å².